The SMILES string of the molecule is CO[C@H]1CNC[C@H]1NC(=O)CCC(=O)c1ccc(C)s1. The Morgan fingerprint density at radius 2 is 2.20 bits per heavy atom. The average molecular weight is 296 g/mol. The molecule has 2 atom stereocenters. The zero-order valence-electron chi connectivity index (χ0n) is 11.8. The van der Waals surface area contributed by atoms with Gasteiger partial charge in [0, 0.05) is 37.9 Å². The molecule has 1 aliphatic rings. The van der Waals surface area contributed by atoms with Gasteiger partial charge in [-0.3, -0.25) is 9.59 Å². The maximum Gasteiger partial charge on any atom is 0.220 e. The highest BCUT2D eigenvalue weighted by Gasteiger charge is 2.28. The van der Waals surface area contributed by atoms with Gasteiger partial charge in [0.25, 0.3) is 0 Å². The first-order valence-corrected chi connectivity index (χ1v) is 7.54. The van der Waals surface area contributed by atoms with Crippen molar-refractivity contribution in [3.8, 4) is 0 Å². The van der Waals surface area contributed by atoms with Crippen molar-refractivity contribution in [3.63, 3.8) is 0 Å². The first-order chi connectivity index (χ1) is 9.60. The number of thiophene rings is 1. The van der Waals surface area contributed by atoms with E-state index in [-0.39, 0.29) is 36.7 Å². The number of nitrogens with one attached hydrogen (secondary N) is 2. The molecule has 0 spiro atoms. The Morgan fingerprint density at radius 1 is 1.40 bits per heavy atom. The molecule has 0 radical (unpaired) electrons. The lowest BCUT2D eigenvalue weighted by Gasteiger charge is -2.18. The van der Waals surface area contributed by atoms with Crippen LogP contribution in [0.15, 0.2) is 12.1 Å². The summed E-state index contributed by atoms with van der Waals surface area (Å²) in [7, 11) is 1.64. The molecule has 2 N–H and O–H groups in total. The van der Waals surface area contributed by atoms with Gasteiger partial charge in [0.1, 0.15) is 0 Å². The molecule has 0 aliphatic carbocycles. The highest BCUT2D eigenvalue weighted by molar-refractivity contribution is 7.14. The summed E-state index contributed by atoms with van der Waals surface area (Å²) >= 11 is 1.47. The highest BCUT2D eigenvalue weighted by Crippen LogP contribution is 2.17. The van der Waals surface area contributed by atoms with E-state index in [2.05, 4.69) is 10.6 Å². The number of amides is 1. The molecule has 2 heterocycles. The lowest BCUT2D eigenvalue weighted by atomic mass is 10.1. The van der Waals surface area contributed by atoms with Crippen LogP contribution in [-0.2, 0) is 9.53 Å². The lowest BCUT2D eigenvalue weighted by Crippen LogP contribution is -2.43. The van der Waals surface area contributed by atoms with Crippen LogP contribution in [0.3, 0.4) is 0 Å². The van der Waals surface area contributed by atoms with Gasteiger partial charge in [-0.1, -0.05) is 0 Å². The van der Waals surface area contributed by atoms with Crippen LogP contribution in [0.4, 0.5) is 0 Å². The summed E-state index contributed by atoms with van der Waals surface area (Å²) in [6, 6.07) is 3.74. The maximum atomic E-state index is 11.9. The second-order valence-corrected chi connectivity index (χ2v) is 6.23. The fourth-order valence-corrected chi connectivity index (χ4v) is 3.09. The van der Waals surface area contributed by atoms with Gasteiger partial charge in [-0.05, 0) is 19.1 Å². The molecular formula is C14H20N2O3S. The summed E-state index contributed by atoms with van der Waals surface area (Å²) in [5.74, 6) is -0.0616. The number of methoxy groups -OCH3 is 1. The predicted octanol–water partition coefficient (Wildman–Crippen LogP) is 1.12. The predicted molar refractivity (Wildman–Crippen MR) is 78.2 cm³/mol. The number of ketones is 1. The first kappa shape index (κ1) is 15.2. The monoisotopic (exact) mass is 296 g/mol. The molecular weight excluding hydrogens is 276 g/mol. The van der Waals surface area contributed by atoms with Crippen molar-refractivity contribution in [2.75, 3.05) is 20.2 Å². The number of hydrogen-bond donors (Lipinski definition) is 2. The fraction of sp³-hybridized carbons (Fsp3) is 0.571. The van der Waals surface area contributed by atoms with E-state index in [0.29, 0.717) is 6.54 Å². The summed E-state index contributed by atoms with van der Waals surface area (Å²) in [6.45, 7) is 3.42. The normalized spacial score (nSPS) is 21.9. The van der Waals surface area contributed by atoms with E-state index < -0.39 is 0 Å². The third-order valence-corrected chi connectivity index (χ3v) is 4.44. The summed E-state index contributed by atoms with van der Waals surface area (Å²) in [5, 5.41) is 6.08. The summed E-state index contributed by atoms with van der Waals surface area (Å²) < 4.78 is 5.28. The molecule has 0 saturated carbocycles. The van der Waals surface area contributed by atoms with Crippen LogP contribution in [0.25, 0.3) is 0 Å². The number of ether oxygens (including phenoxy) is 1. The smallest absolute Gasteiger partial charge is 0.220 e. The van der Waals surface area contributed by atoms with Crippen molar-refractivity contribution in [1.29, 1.82) is 0 Å². The number of hydrogen-bond acceptors (Lipinski definition) is 5. The Kier molecular flexibility index (Phi) is 5.28. The molecule has 0 aromatic carbocycles. The Morgan fingerprint density at radius 3 is 2.85 bits per heavy atom. The van der Waals surface area contributed by atoms with E-state index in [1.807, 2.05) is 19.1 Å². The summed E-state index contributed by atoms with van der Waals surface area (Å²) in [4.78, 5) is 25.6. The van der Waals surface area contributed by atoms with E-state index >= 15 is 0 Å². The van der Waals surface area contributed by atoms with Gasteiger partial charge in [-0.2, -0.15) is 0 Å². The standard InChI is InChI=1S/C14H20N2O3S/c1-9-3-5-13(20-9)11(17)4-6-14(18)16-10-7-15-8-12(10)19-2/h3,5,10,12,15H,4,6-8H2,1-2H3,(H,16,18)/t10-,12+/m1/s1. The Hall–Kier alpha value is -1.24. The van der Waals surface area contributed by atoms with E-state index in [1.165, 1.54) is 11.3 Å². The van der Waals surface area contributed by atoms with Crippen LogP contribution in [-0.4, -0.2) is 44.0 Å². The molecule has 5 nitrogen and oxygen atoms in total. The van der Waals surface area contributed by atoms with Crippen molar-refractivity contribution in [2.24, 2.45) is 0 Å². The van der Waals surface area contributed by atoms with E-state index in [4.69, 9.17) is 4.74 Å². The molecule has 1 saturated heterocycles. The third kappa shape index (κ3) is 3.88. The van der Waals surface area contributed by atoms with Crippen LogP contribution < -0.4 is 10.6 Å². The molecule has 1 amide bonds. The molecule has 2 rings (SSSR count). The van der Waals surface area contributed by atoms with Crippen LogP contribution in [0.1, 0.15) is 27.4 Å². The molecule has 1 fully saturated rings. The van der Waals surface area contributed by atoms with Crippen LogP contribution in [0.2, 0.25) is 0 Å². The fourth-order valence-electron chi connectivity index (χ4n) is 2.26. The quantitative estimate of drug-likeness (QED) is 0.772. The largest absolute Gasteiger partial charge is 0.378 e. The number of aryl methyl sites for hydroxylation is 1. The van der Waals surface area contributed by atoms with Crippen molar-refractivity contribution in [1.82, 2.24) is 10.6 Å². The van der Waals surface area contributed by atoms with E-state index in [9.17, 15) is 9.59 Å². The van der Waals surface area contributed by atoms with Gasteiger partial charge in [0.15, 0.2) is 5.78 Å². The van der Waals surface area contributed by atoms with Gasteiger partial charge in [-0.25, -0.2) is 0 Å². The van der Waals surface area contributed by atoms with Gasteiger partial charge in [0.05, 0.1) is 17.0 Å². The Bertz CT molecular complexity index is 487. The van der Waals surface area contributed by atoms with Crippen molar-refractivity contribution >= 4 is 23.0 Å². The third-order valence-electron chi connectivity index (χ3n) is 3.40. The summed E-state index contributed by atoms with van der Waals surface area (Å²) in [5.41, 5.74) is 0. The maximum absolute atomic E-state index is 11.9. The zero-order valence-corrected chi connectivity index (χ0v) is 12.6. The Balaban J connectivity index is 1.76. The number of rotatable bonds is 6. The molecule has 6 heteroatoms. The van der Waals surface area contributed by atoms with Gasteiger partial charge < -0.3 is 15.4 Å². The highest BCUT2D eigenvalue weighted by atomic mass is 32.1. The topological polar surface area (TPSA) is 67.4 Å². The van der Waals surface area contributed by atoms with Crippen molar-refractivity contribution < 1.29 is 14.3 Å². The first-order valence-electron chi connectivity index (χ1n) is 6.72. The number of Topliss-reactive ketones (excluding diaryl/α,β-unsaturated/α-hetero) is 1. The molecule has 1 aliphatic heterocycles. The second-order valence-electron chi connectivity index (χ2n) is 4.94. The molecule has 20 heavy (non-hydrogen) atoms. The minimum Gasteiger partial charge on any atom is -0.378 e. The van der Waals surface area contributed by atoms with Crippen LogP contribution in [0, 0.1) is 6.92 Å². The lowest BCUT2D eigenvalue weighted by molar-refractivity contribution is -0.122. The average Bonchev–Trinajstić information content (AvgIpc) is 3.04. The molecule has 1 aromatic rings. The molecule has 0 unspecified atom stereocenters. The number of carbonyl (C=O) groups excluding carboxylic acids is 2. The minimum atomic E-state index is -0.0950. The number of carbonyl (C=O) groups is 2. The molecule has 1 aromatic heterocycles. The molecule has 0 bridgehead atoms. The van der Waals surface area contributed by atoms with Crippen molar-refractivity contribution in [3.05, 3.63) is 21.9 Å². The van der Waals surface area contributed by atoms with E-state index in [0.717, 1.165) is 16.3 Å². The van der Waals surface area contributed by atoms with Gasteiger partial charge >= 0.3 is 0 Å². The van der Waals surface area contributed by atoms with Gasteiger partial charge in [0.2, 0.25) is 5.91 Å². The second kappa shape index (κ2) is 6.97. The summed E-state index contributed by atoms with van der Waals surface area (Å²) in [6.07, 6.45) is 0.487. The van der Waals surface area contributed by atoms with E-state index in [1.54, 1.807) is 7.11 Å². The van der Waals surface area contributed by atoms with Crippen LogP contribution in [0.5, 0.6) is 0 Å². The van der Waals surface area contributed by atoms with Gasteiger partial charge in [-0.15, -0.1) is 11.3 Å². The Labute approximate surface area is 122 Å². The molecule has 110 valence electrons. The zero-order chi connectivity index (χ0) is 14.5. The van der Waals surface area contributed by atoms with Crippen molar-refractivity contribution in [2.45, 2.75) is 31.9 Å². The van der Waals surface area contributed by atoms with Crippen LogP contribution >= 0.6 is 11.3 Å². The minimum absolute atomic E-state index is 0.00779.